The lowest BCUT2D eigenvalue weighted by atomic mass is 9.94. The second-order valence-corrected chi connectivity index (χ2v) is 6.93. The molecular formula is C20H33F2N3O2. The number of alkyl halides is 2. The molecule has 7 heteroatoms. The average molecular weight is 385 g/mol. The Morgan fingerprint density at radius 3 is 2.67 bits per heavy atom. The van der Waals surface area contributed by atoms with Gasteiger partial charge in [-0.3, -0.25) is 0 Å². The van der Waals surface area contributed by atoms with Gasteiger partial charge in [0.05, 0.1) is 6.54 Å². The maximum Gasteiger partial charge on any atom is 0.272 e. The number of aliphatic imine (C=N–C) groups is 1. The van der Waals surface area contributed by atoms with Crippen molar-refractivity contribution in [3.63, 3.8) is 0 Å². The molecule has 0 aliphatic carbocycles. The summed E-state index contributed by atoms with van der Waals surface area (Å²) in [4.78, 5) is 4.56. The second kappa shape index (κ2) is 13.3. The third-order valence-electron chi connectivity index (χ3n) is 3.94. The normalized spacial score (nSPS) is 13.1. The number of guanidine groups is 1. The summed E-state index contributed by atoms with van der Waals surface area (Å²) in [6, 6.07) is 7.04. The molecule has 0 saturated carbocycles. The van der Waals surface area contributed by atoms with E-state index in [-0.39, 0.29) is 6.61 Å². The standard InChI is InChI=1S/C20H33F2N3O2/c1-4-23-20(25-13-17(8-9-26)10-15(2)3)24-12-16-6-5-7-18(11-16)27-14-19(21)22/h5-7,11,15,17,19,26H,4,8-10,12-14H2,1-3H3,(H2,23,24,25). The second-order valence-electron chi connectivity index (χ2n) is 6.93. The van der Waals surface area contributed by atoms with E-state index in [4.69, 9.17) is 4.74 Å². The largest absolute Gasteiger partial charge is 0.488 e. The summed E-state index contributed by atoms with van der Waals surface area (Å²) < 4.78 is 29.6. The van der Waals surface area contributed by atoms with Gasteiger partial charge < -0.3 is 20.5 Å². The fourth-order valence-electron chi connectivity index (χ4n) is 2.80. The molecule has 0 amide bonds. The zero-order valence-electron chi connectivity index (χ0n) is 16.5. The molecule has 0 saturated heterocycles. The minimum atomic E-state index is -2.49. The fourth-order valence-corrected chi connectivity index (χ4v) is 2.80. The van der Waals surface area contributed by atoms with Gasteiger partial charge in [-0.1, -0.05) is 26.0 Å². The van der Waals surface area contributed by atoms with Crippen molar-refractivity contribution in [1.29, 1.82) is 0 Å². The van der Waals surface area contributed by atoms with Crippen LogP contribution in [-0.2, 0) is 6.54 Å². The summed E-state index contributed by atoms with van der Waals surface area (Å²) in [5.41, 5.74) is 0.882. The Labute approximate surface area is 161 Å². The summed E-state index contributed by atoms with van der Waals surface area (Å²) in [7, 11) is 0. The molecule has 1 rings (SSSR count). The van der Waals surface area contributed by atoms with E-state index in [0.29, 0.717) is 30.1 Å². The molecule has 0 aromatic heterocycles. The van der Waals surface area contributed by atoms with Crippen molar-refractivity contribution in [3.05, 3.63) is 29.8 Å². The van der Waals surface area contributed by atoms with E-state index in [9.17, 15) is 13.9 Å². The van der Waals surface area contributed by atoms with E-state index in [1.807, 2.05) is 13.0 Å². The van der Waals surface area contributed by atoms with Gasteiger partial charge in [0.15, 0.2) is 5.96 Å². The number of rotatable bonds is 12. The number of halogens is 2. The van der Waals surface area contributed by atoms with Crippen LogP contribution >= 0.6 is 0 Å². The Balaban J connectivity index is 2.65. The van der Waals surface area contributed by atoms with Gasteiger partial charge in [0.1, 0.15) is 12.4 Å². The lowest BCUT2D eigenvalue weighted by Gasteiger charge is -2.20. The average Bonchev–Trinajstić information content (AvgIpc) is 2.62. The number of aliphatic hydroxyl groups is 1. The number of benzene rings is 1. The molecule has 1 aromatic rings. The zero-order chi connectivity index (χ0) is 20.1. The topological polar surface area (TPSA) is 65.9 Å². The maximum atomic E-state index is 12.3. The lowest BCUT2D eigenvalue weighted by Crippen LogP contribution is -2.40. The minimum Gasteiger partial charge on any atom is -0.488 e. The monoisotopic (exact) mass is 385 g/mol. The first-order valence-electron chi connectivity index (χ1n) is 9.57. The molecule has 0 bridgehead atoms. The molecule has 0 spiro atoms. The molecule has 154 valence electrons. The van der Waals surface area contributed by atoms with Crippen molar-refractivity contribution in [2.75, 3.05) is 26.3 Å². The number of hydrogen-bond donors (Lipinski definition) is 3. The Bertz CT molecular complexity index is 554. The summed E-state index contributed by atoms with van der Waals surface area (Å²) in [5.74, 6) is 2.06. The van der Waals surface area contributed by atoms with Gasteiger partial charge in [-0.25, -0.2) is 13.8 Å². The Morgan fingerprint density at radius 2 is 2.04 bits per heavy atom. The molecule has 0 aliphatic heterocycles. The predicted octanol–water partition coefficient (Wildman–Crippen LogP) is 3.43. The van der Waals surface area contributed by atoms with Gasteiger partial charge in [0.25, 0.3) is 6.43 Å². The van der Waals surface area contributed by atoms with Crippen molar-refractivity contribution in [2.24, 2.45) is 16.8 Å². The molecule has 5 nitrogen and oxygen atoms in total. The van der Waals surface area contributed by atoms with Crippen molar-refractivity contribution >= 4 is 5.96 Å². The van der Waals surface area contributed by atoms with Gasteiger partial charge in [0.2, 0.25) is 0 Å². The Kier molecular flexibility index (Phi) is 11.4. The predicted molar refractivity (Wildman–Crippen MR) is 105 cm³/mol. The van der Waals surface area contributed by atoms with Gasteiger partial charge >= 0.3 is 0 Å². The minimum absolute atomic E-state index is 0.179. The molecule has 3 N–H and O–H groups in total. The number of hydrogen-bond acceptors (Lipinski definition) is 3. The smallest absolute Gasteiger partial charge is 0.272 e. The van der Waals surface area contributed by atoms with E-state index in [0.717, 1.165) is 31.5 Å². The van der Waals surface area contributed by atoms with Crippen molar-refractivity contribution in [1.82, 2.24) is 10.6 Å². The fraction of sp³-hybridized carbons (Fsp3) is 0.650. The van der Waals surface area contributed by atoms with Gasteiger partial charge in [-0.05, 0) is 49.3 Å². The highest BCUT2D eigenvalue weighted by molar-refractivity contribution is 5.79. The highest BCUT2D eigenvalue weighted by Gasteiger charge is 2.11. The Morgan fingerprint density at radius 1 is 1.26 bits per heavy atom. The molecule has 1 atom stereocenters. The van der Waals surface area contributed by atoms with Crippen LogP contribution in [0.1, 0.15) is 39.2 Å². The first-order valence-corrected chi connectivity index (χ1v) is 9.57. The molecule has 1 aromatic carbocycles. The van der Waals surface area contributed by atoms with Gasteiger partial charge in [-0.2, -0.15) is 0 Å². The number of ether oxygens (including phenoxy) is 1. The zero-order valence-corrected chi connectivity index (χ0v) is 16.5. The summed E-state index contributed by atoms with van der Waals surface area (Å²) in [6.45, 7) is 7.79. The summed E-state index contributed by atoms with van der Waals surface area (Å²) in [6.07, 6.45) is -0.696. The molecule has 0 aliphatic rings. The van der Waals surface area contributed by atoms with Gasteiger partial charge in [-0.15, -0.1) is 0 Å². The highest BCUT2D eigenvalue weighted by Crippen LogP contribution is 2.16. The van der Waals surface area contributed by atoms with Crippen LogP contribution in [0.4, 0.5) is 8.78 Å². The van der Waals surface area contributed by atoms with Crippen LogP contribution in [0, 0.1) is 11.8 Å². The van der Waals surface area contributed by atoms with E-state index in [2.05, 4.69) is 29.5 Å². The van der Waals surface area contributed by atoms with Crippen LogP contribution in [0.3, 0.4) is 0 Å². The van der Waals surface area contributed by atoms with Crippen LogP contribution in [0.5, 0.6) is 5.75 Å². The van der Waals surface area contributed by atoms with E-state index in [1.54, 1.807) is 18.2 Å². The van der Waals surface area contributed by atoms with Crippen LogP contribution in [0.25, 0.3) is 0 Å². The molecular weight excluding hydrogens is 352 g/mol. The van der Waals surface area contributed by atoms with Crippen LogP contribution in [-0.4, -0.2) is 43.8 Å². The third kappa shape index (κ3) is 10.8. The Hall–Kier alpha value is -1.89. The molecule has 0 heterocycles. The number of nitrogens with zero attached hydrogens (tertiary/aromatic N) is 1. The molecule has 27 heavy (non-hydrogen) atoms. The van der Waals surface area contributed by atoms with Gasteiger partial charge in [0, 0.05) is 19.7 Å². The summed E-state index contributed by atoms with van der Waals surface area (Å²) >= 11 is 0. The van der Waals surface area contributed by atoms with Crippen molar-refractivity contribution < 1.29 is 18.6 Å². The van der Waals surface area contributed by atoms with E-state index < -0.39 is 13.0 Å². The van der Waals surface area contributed by atoms with Crippen LogP contribution in [0.15, 0.2) is 29.3 Å². The molecule has 0 fully saturated rings. The number of aliphatic hydroxyl groups excluding tert-OH is 1. The summed E-state index contributed by atoms with van der Waals surface area (Å²) in [5, 5.41) is 15.8. The first kappa shape index (κ1) is 23.1. The molecule has 1 unspecified atom stereocenters. The van der Waals surface area contributed by atoms with E-state index >= 15 is 0 Å². The first-order chi connectivity index (χ1) is 12.9. The number of nitrogens with one attached hydrogen (secondary N) is 2. The quantitative estimate of drug-likeness (QED) is 0.381. The van der Waals surface area contributed by atoms with Crippen molar-refractivity contribution in [2.45, 2.75) is 46.6 Å². The van der Waals surface area contributed by atoms with Crippen LogP contribution < -0.4 is 15.4 Å². The third-order valence-corrected chi connectivity index (χ3v) is 3.94. The van der Waals surface area contributed by atoms with E-state index in [1.165, 1.54) is 0 Å². The highest BCUT2D eigenvalue weighted by atomic mass is 19.3. The molecule has 0 radical (unpaired) electrons. The lowest BCUT2D eigenvalue weighted by molar-refractivity contribution is 0.0818. The SMILES string of the molecule is CCNC(=NCc1cccc(OCC(F)F)c1)NCC(CCO)CC(C)C. The van der Waals surface area contributed by atoms with Crippen molar-refractivity contribution in [3.8, 4) is 5.75 Å². The van der Waals surface area contributed by atoms with Crippen LogP contribution in [0.2, 0.25) is 0 Å². The maximum absolute atomic E-state index is 12.3.